The molecule has 4 nitrogen and oxygen atoms in total. The van der Waals surface area contributed by atoms with Crippen LogP contribution < -0.4 is 0 Å². The zero-order chi connectivity index (χ0) is 14.8. The Kier molecular flexibility index (Phi) is 4.08. The van der Waals surface area contributed by atoms with Crippen LogP contribution in [-0.4, -0.2) is 20.3 Å². The molecule has 2 heterocycles. The van der Waals surface area contributed by atoms with E-state index in [0.29, 0.717) is 17.7 Å². The van der Waals surface area contributed by atoms with Crippen molar-refractivity contribution in [3.63, 3.8) is 0 Å². The summed E-state index contributed by atoms with van der Waals surface area (Å²) in [4.78, 5) is 3.69. The zero-order valence-electron chi connectivity index (χ0n) is 10.8. The smallest absolute Gasteiger partial charge is 0.382 e. The summed E-state index contributed by atoms with van der Waals surface area (Å²) in [5.41, 5.74) is 0.562. The maximum Gasteiger partial charge on any atom is 0.417 e. The lowest BCUT2D eigenvalue weighted by molar-refractivity contribution is -0.137. The quantitative estimate of drug-likeness (QED) is 0.908. The zero-order valence-corrected chi connectivity index (χ0v) is 10.8. The van der Waals surface area contributed by atoms with Gasteiger partial charge in [-0.25, -0.2) is 0 Å². The van der Waals surface area contributed by atoms with Crippen LogP contribution in [-0.2, 0) is 12.6 Å². The van der Waals surface area contributed by atoms with Gasteiger partial charge < -0.3 is 5.11 Å². The summed E-state index contributed by atoms with van der Waals surface area (Å²) < 4.78 is 37.3. The summed E-state index contributed by atoms with van der Waals surface area (Å²) in [6.07, 6.45) is -1.73. The van der Waals surface area contributed by atoms with E-state index in [1.54, 1.807) is 0 Å². The standard InChI is InChI=1S/C13H14F3N3O/c1-2-3-10-9(7-18-19-10)12(20)11-5-4-8(6-17-11)13(14,15)16/h4-7,12,20H,2-3H2,1H3,(H,18,19). The molecule has 0 saturated carbocycles. The number of aliphatic hydroxyl groups is 1. The molecule has 1 atom stereocenters. The Morgan fingerprint density at radius 3 is 2.65 bits per heavy atom. The Balaban J connectivity index is 2.25. The Hall–Kier alpha value is -1.89. The SMILES string of the molecule is CCCc1n[nH]cc1C(O)c1ccc(C(F)(F)F)cn1. The van der Waals surface area contributed by atoms with E-state index >= 15 is 0 Å². The summed E-state index contributed by atoms with van der Waals surface area (Å²) in [7, 11) is 0. The summed E-state index contributed by atoms with van der Waals surface area (Å²) in [6, 6.07) is 2.08. The van der Waals surface area contributed by atoms with Gasteiger partial charge in [0.1, 0.15) is 6.10 Å². The van der Waals surface area contributed by atoms with Crippen LogP contribution in [0.5, 0.6) is 0 Å². The Morgan fingerprint density at radius 2 is 2.10 bits per heavy atom. The third-order valence-corrected chi connectivity index (χ3v) is 2.93. The van der Waals surface area contributed by atoms with Gasteiger partial charge in [-0.2, -0.15) is 18.3 Å². The minimum atomic E-state index is -4.43. The molecule has 2 aromatic heterocycles. The van der Waals surface area contributed by atoms with Gasteiger partial charge in [0.25, 0.3) is 0 Å². The van der Waals surface area contributed by atoms with Crippen molar-refractivity contribution in [2.75, 3.05) is 0 Å². The average molecular weight is 285 g/mol. The van der Waals surface area contributed by atoms with Gasteiger partial charge in [0.2, 0.25) is 0 Å². The summed E-state index contributed by atoms with van der Waals surface area (Å²) >= 11 is 0. The fourth-order valence-electron chi connectivity index (χ4n) is 1.90. The van der Waals surface area contributed by atoms with Gasteiger partial charge in [0.15, 0.2) is 0 Å². The van der Waals surface area contributed by atoms with E-state index in [4.69, 9.17) is 0 Å². The highest BCUT2D eigenvalue weighted by atomic mass is 19.4. The maximum atomic E-state index is 12.4. The first kappa shape index (κ1) is 14.5. The van der Waals surface area contributed by atoms with Crippen LogP contribution >= 0.6 is 0 Å². The maximum absolute atomic E-state index is 12.4. The molecule has 0 aliphatic rings. The number of H-pyrrole nitrogens is 1. The first-order valence-corrected chi connectivity index (χ1v) is 6.17. The van der Waals surface area contributed by atoms with E-state index in [1.807, 2.05) is 6.92 Å². The topological polar surface area (TPSA) is 61.8 Å². The predicted molar refractivity (Wildman–Crippen MR) is 65.9 cm³/mol. The molecule has 2 rings (SSSR count). The normalized spacial score (nSPS) is 13.4. The number of aliphatic hydroxyl groups excluding tert-OH is 1. The minimum Gasteiger partial charge on any atom is -0.382 e. The molecular weight excluding hydrogens is 271 g/mol. The number of pyridine rings is 1. The van der Waals surface area contributed by atoms with Crippen LogP contribution in [0.2, 0.25) is 0 Å². The number of aromatic nitrogens is 3. The lowest BCUT2D eigenvalue weighted by Crippen LogP contribution is -2.08. The number of hydrogen-bond acceptors (Lipinski definition) is 3. The highest BCUT2D eigenvalue weighted by Crippen LogP contribution is 2.30. The molecule has 0 fully saturated rings. The molecule has 7 heteroatoms. The lowest BCUT2D eigenvalue weighted by atomic mass is 10.0. The van der Waals surface area contributed by atoms with Crippen LogP contribution in [0.1, 0.15) is 42.0 Å². The van der Waals surface area contributed by atoms with Gasteiger partial charge in [-0.1, -0.05) is 13.3 Å². The van der Waals surface area contributed by atoms with Crippen molar-refractivity contribution in [3.8, 4) is 0 Å². The van der Waals surface area contributed by atoms with Crippen LogP contribution in [0.4, 0.5) is 13.2 Å². The largest absolute Gasteiger partial charge is 0.417 e. The first-order valence-electron chi connectivity index (χ1n) is 6.17. The highest BCUT2D eigenvalue weighted by Gasteiger charge is 2.31. The number of aryl methyl sites for hydroxylation is 1. The van der Waals surface area contributed by atoms with Crippen LogP contribution in [0.25, 0.3) is 0 Å². The van der Waals surface area contributed by atoms with Crippen LogP contribution in [0, 0.1) is 0 Å². The summed E-state index contributed by atoms with van der Waals surface area (Å²) in [6.45, 7) is 1.97. The molecule has 0 aromatic carbocycles. The fraction of sp³-hybridized carbons (Fsp3) is 0.385. The number of halogens is 3. The van der Waals surface area contributed by atoms with E-state index in [-0.39, 0.29) is 5.69 Å². The van der Waals surface area contributed by atoms with Crippen molar-refractivity contribution in [1.29, 1.82) is 0 Å². The predicted octanol–water partition coefficient (Wildman–Crippen LogP) is 2.86. The Morgan fingerprint density at radius 1 is 1.35 bits per heavy atom. The van der Waals surface area contributed by atoms with Gasteiger partial charge in [0, 0.05) is 18.0 Å². The second-order valence-electron chi connectivity index (χ2n) is 4.41. The molecule has 2 N–H and O–H groups in total. The molecule has 20 heavy (non-hydrogen) atoms. The molecule has 0 radical (unpaired) electrons. The molecule has 0 bridgehead atoms. The lowest BCUT2D eigenvalue weighted by Gasteiger charge is -2.11. The van der Waals surface area contributed by atoms with Gasteiger partial charge in [-0.05, 0) is 18.6 Å². The average Bonchev–Trinajstić information content (AvgIpc) is 2.86. The van der Waals surface area contributed by atoms with E-state index in [1.165, 1.54) is 12.3 Å². The Labute approximate surface area is 113 Å². The van der Waals surface area contributed by atoms with Gasteiger partial charge in [0.05, 0.1) is 17.0 Å². The third-order valence-electron chi connectivity index (χ3n) is 2.93. The number of nitrogens with zero attached hydrogens (tertiary/aromatic N) is 2. The number of aromatic amines is 1. The molecule has 0 aliphatic carbocycles. The molecule has 108 valence electrons. The van der Waals surface area contributed by atoms with Crippen molar-refractivity contribution >= 4 is 0 Å². The highest BCUT2D eigenvalue weighted by molar-refractivity contribution is 5.28. The summed E-state index contributed by atoms with van der Waals surface area (Å²) in [5, 5.41) is 16.8. The van der Waals surface area contributed by atoms with Crippen molar-refractivity contribution in [2.45, 2.75) is 32.0 Å². The second-order valence-corrected chi connectivity index (χ2v) is 4.41. The van der Waals surface area contributed by atoms with E-state index in [2.05, 4.69) is 15.2 Å². The van der Waals surface area contributed by atoms with Crippen LogP contribution in [0.3, 0.4) is 0 Å². The van der Waals surface area contributed by atoms with Crippen molar-refractivity contribution in [1.82, 2.24) is 15.2 Å². The molecule has 1 unspecified atom stereocenters. The van der Waals surface area contributed by atoms with E-state index in [0.717, 1.165) is 18.7 Å². The van der Waals surface area contributed by atoms with Crippen molar-refractivity contribution in [3.05, 3.63) is 47.0 Å². The molecule has 0 saturated heterocycles. The van der Waals surface area contributed by atoms with E-state index < -0.39 is 17.8 Å². The molecular formula is C13H14F3N3O. The first-order chi connectivity index (χ1) is 9.43. The summed E-state index contributed by atoms with van der Waals surface area (Å²) in [5.74, 6) is 0. The monoisotopic (exact) mass is 285 g/mol. The van der Waals surface area contributed by atoms with Gasteiger partial charge >= 0.3 is 6.18 Å². The number of nitrogens with one attached hydrogen (secondary N) is 1. The van der Waals surface area contributed by atoms with Gasteiger partial charge in [-0.15, -0.1) is 0 Å². The molecule has 0 amide bonds. The molecule has 2 aromatic rings. The molecule has 0 spiro atoms. The van der Waals surface area contributed by atoms with Crippen molar-refractivity contribution < 1.29 is 18.3 Å². The van der Waals surface area contributed by atoms with E-state index in [9.17, 15) is 18.3 Å². The Bertz CT molecular complexity index is 563. The third kappa shape index (κ3) is 2.98. The van der Waals surface area contributed by atoms with Gasteiger partial charge in [-0.3, -0.25) is 10.1 Å². The van der Waals surface area contributed by atoms with Crippen LogP contribution in [0.15, 0.2) is 24.5 Å². The van der Waals surface area contributed by atoms with Crippen molar-refractivity contribution in [2.24, 2.45) is 0 Å². The number of rotatable bonds is 4. The second kappa shape index (κ2) is 5.62. The number of hydrogen-bond donors (Lipinski definition) is 2. The fourth-order valence-corrected chi connectivity index (χ4v) is 1.90. The molecule has 0 aliphatic heterocycles. The number of alkyl halides is 3. The minimum absolute atomic E-state index is 0.164.